The highest BCUT2D eigenvalue weighted by Crippen LogP contribution is 2.20. The number of aliphatic hydroxyl groups is 1. The molecule has 0 aromatic heterocycles. The minimum atomic E-state index is -1.03. The van der Waals surface area contributed by atoms with E-state index < -0.39 is 10.8 Å². The Balaban J connectivity index is 2.74. The second kappa shape index (κ2) is 6.66. The van der Waals surface area contributed by atoms with Crippen molar-refractivity contribution in [3.63, 3.8) is 0 Å². The summed E-state index contributed by atoms with van der Waals surface area (Å²) in [6.45, 7) is 3.88. The monoisotopic (exact) mass is 242 g/mol. The Kier molecular flexibility index (Phi) is 5.49. The Morgan fingerprint density at radius 2 is 2.06 bits per heavy atom. The maximum absolute atomic E-state index is 11.5. The molecule has 0 fully saturated rings. The van der Waals surface area contributed by atoms with Crippen molar-refractivity contribution in [2.45, 2.75) is 25.7 Å². The molecule has 1 aromatic rings. The Morgan fingerprint density at radius 1 is 1.38 bits per heavy atom. The van der Waals surface area contributed by atoms with Gasteiger partial charge in [0.2, 0.25) is 0 Å². The summed E-state index contributed by atoms with van der Waals surface area (Å²) in [5.74, 6) is 1.53. The molecule has 4 heteroatoms. The first kappa shape index (κ1) is 13.2. The summed E-state index contributed by atoms with van der Waals surface area (Å²) in [6.07, 6.45) is 0.104. The summed E-state index contributed by atoms with van der Waals surface area (Å²) in [5, 5.41) is 8.71. The van der Waals surface area contributed by atoms with Crippen molar-refractivity contribution in [1.82, 2.24) is 0 Å². The number of para-hydroxylation sites is 1. The zero-order valence-corrected chi connectivity index (χ0v) is 10.5. The summed E-state index contributed by atoms with van der Waals surface area (Å²) in [4.78, 5) is 0. The van der Waals surface area contributed by atoms with E-state index >= 15 is 0 Å². The van der Waals surface area contributed by atoms with E-state index in [9.17, 15) is 4.21 Å². The van der Waals surface area contributed by atoms with Crippen molar-refractivity contribution in [2.75, 3.05) is 12.4 Å². The van der Waals surface area contributed by atoms with Crippen LogP contribution in [0.3, 0.4) is 0 Å². The van der Waals surface area contributed by atoms with Crippen LogP contribution in [0.15, 0.2) is 24.3 Å². The second-order valence-corrected chi connectivity index (χ2v) is 5.36. The van der Waals surface area contributed by atoms with Gasteiger partial charge in [-0.25, -0.2) is 0 Å². The van der Waals surface area contributed by atoms with Crippen molar-refractivity contribution in [2.24, 2.45) is 0 Å². The molecular weight excluding hydrogens is 224 g/mol. The molecule has 1 rings (SSSR count). The van der Waals surface area contributed by atoms with Gasteiger partial charge in [-0.15, -0.1) is 0 Å². The van der Waals surface area contributed by atoms with E-state index in [1.807, 2.05) is 38.1 Å². The van der Waals surface area contributed by atoms with Gasteiger partial charge in [-0.1, -0.05) is 18.2 Å². The molecule has 1 atom stereocenters. The number of rotatable bonds is 6. The van der Waals surface area contributed by atoms with Crippen LogP contribution in [0.2, 0.25) is 0 Å². The molecule has 0 radical (unpaired) electrons. The van der Waals surface area contributed by atoms with Crippen molar-refractivity contribution in [3.05, 3.63) is 29.8 Å². The third kappa shape index (κ3) is 4.33. The van der Waals surface area contributed by atoms with Crippen molar-refractivity contribution in [1.29, 1.82) is 0 Å². The van der Waals surface area contributed by atoms with Crippen LogP contribution in [0, 0.1) is 0 Å². The van der Waals surface area contributed by atoms with Crippen molar-refractivity contribution < 1.29 is 14.1 Å². The standard InChI is InChI=1S/C12H18O3S/c1-10(2)15-12-6-4-3-5-11(12)9-16(14)8-7-13/h3-6,10,13H,7-9H2,1-2H3/t16-/m1/s1. The molecule has 0 saturated carbocycles. The molecule has 0 heterocycles. The van der Waals surface area contributed by atoms with Gasteiger partial charge in [0.25, 0.3) is 0 Å². The number of aliphatic hydroxyl groups excluding tert-OH is 1. The number of hydrogen-bond acceptors (Lipinski definition) is 3. The first-order valence-corrected chi connectivity index (χ1v) is 6.82. The quantitative estimate of drug-likeness (QED) is 0.826. The maximum Gasteiger partial charge on any atom is 0.123 e. The molecule has 0 aliphatic heterocycles. The van der Waals surface area contributed by atoms with Gasteiger partial charge in [-0.05, 0) is 19.9 Å². The molecule has 0 amide bonds. The van der Waals surface area contributed by atoms with Crippen LogP contribution >= 0.6 is 0 Å². The molecule has 16 heavy (non-hydrogen) atoms. The van der Waals surface area contributed by atoms with Crippen LogP contribution in [0.5, 0.6) is 5.75 Å². The average Bonchev–Trinajstić information content (AvgIpc) is 2.20. The molecule has 1 aromatic carbocycles. The molecule has 0 aliphatic rings. The average molecular weight is 242 g/mol. The molecule has 0 saturated heterocycles. The fourth-order valence-corrected chi connectivity index (χ4v) is 2.27. The minimum absolute atomic E-state index is 0.0418. The zero-order valence-electron chi connectivity index (χ0n) is 9.68. The van der Waals surface area contributed by atoms with Crippen LogP contribution in [-0.2, 0) is 16.6 Å². The lowest BCUT2D eigenvalue weighted by Gasteiger charge is -2.13. The van der Waals surface area contributed by atoms with E-state index in [-0.39, 0.29) is 12.7 Å². The lowest BCUT2D eigenvalue weighted by atomic mass is 10.2. The molecule has 0 bridgehead atoms. The molecule has 0 aliphatic carbocycles. The van der Waals surface area contributed by atoms with Gasteiger partial charge in [-0.3, -0.25) is 4.21 Å². The van der Waals surface area contributed by atoms with E-state index in [0.29, 0.717) is 11.5 Å². The van der Waals surface area contributed by atoms with Gasteiger partial charge in [-0.2, -0.15) is 0 Å². The lowest BCUT2D eigenvalue weighted by molar-refractivity contribution is 0.240. The summed E-state index contributed by atoms with van der Waals surface area (Å²) in [6, 6.07) is 7.59. The molecule has 1 N–H and O–H groups in total. The maximum atomic E-state index is 11.5. The van der Waals surface area contributed by atoms with Crippen molar-refractivity contribution >= 4 is 10.8 Å². The molecular formula is C12H18O3S. The molecule has 0 spiro atoms. The van der Waals surface area contributed by atoms with E-state index in [2.05, 4.69) is 0 Å². The Bertz CT molecular complexity index is 350. The Hall–Kier alpha value is -0.870. The van der Waals surface area contributed by atoms with Crippen LogP contribution < -0.4 is 4.74 Å². The smallest absolute Gasteiger partial charge is 0.123 e. The third-order valence-corrected chi connectivity index (χ3v) is 3.24. The zero-order chi connectivity index (χ0) is 12.0. The van der Waals surface area contributed by atoms with Gasteiger partial charge in [0, 0.05) is 22.1 Å². The van der Waals surface area contributed by atoms with Gasteiger partial charge in [0.15, 0.2) is 0 Å². The molecule has 3 nitrogen and oxygen atoms in total. The van der Waals surface area contributed by atoms with E-state index in [0.717, 1.165) is 11.3 Å². The topological polar surface area (TPSA) is 46.5 Å². The first-order chi connectivity index (χ1) is 7.63. The van der Waals surface area contributed by atoms with E-state index in [4.69, 9.17) is 9.84 Å². The minimum Gasteiger partial charge on any atom is -0.491 e. The first-order valence-electron chi connectivity index (χ1n) is 5.34. The third-order valence-electron chi connectivity index (χ3n) is 1.97. The van der Waals surface area contributed by atoms with Crippen LogP contribution in [-0.4, -0.2) is 27.8 Å². The van der Waals surface area contributed by atoms with Crippen molar-refractivity contribution in [3.8, 4) is 5.75 Å². The molecule has 90 valence electrons. The normalized spacial score (nSPS) is 12.8. The SMILES string of the molecule is CC(C)Oc1ccccc1C[S@](=O)CCO. The lowest BCUT2D eigenvalue weighted by Crippen LogP contribution is -2.10. The van der Waals surface area contributed by atoms with Gasteiger partial charge >= 0.3 is 0 Å². The predicted molar refractivity (Wildman–Crippen MR) is 66.0 cm³/mol. The Morgan fingerprint density at radius 3 is 2.69 bits per heavy atom. The summed E-state index contributed by atoms with van der Waals surface area (Å²) in [7, 11) is -1.03. The second-order valence-electron chi connectivity index (χ2n) is 3.79. The summed E-state index contributed by atoms with van der Waals surface area (Å²) >= 11 is 0. The number of ether oxygens (including phenoxy) is 1. The number of benzene rings is 1. The van der Waals surface area contributed by atoms with Gasteiger partial charge in [0.1, 0.15) is 5.75 Å². The molecule has 0 unspecified atom stereocenters. The van der Waals surface area contributed by atoms with Gasteiger partial charge in [0.05, 0.1) is 18.5 Å². The predicted octanol–water partition coefficient (Wildman–Crippen LogP) is 1.71. The van der Waals surface area contributed by atoms with Crippen LogP contribution in [0.25, 0.3) is 0 Å². The largest absolute Gasteiger partial charge is 0.491 e. The number of hydrogen-bond donors (Lipinski definition) is 1. The highest BCUT2D eigenvalue weighted by molar-refractivity contribution is 7.84. The summed E-state index contributed by atoms with van der Waals surface area (Å²) in [5.41, 5.74) is 0.933. The van der Waals surface area contributed by atoms with Gasteiger partial charge < -0.3 is 9.84 Å². The highest BCUT2D eigenvalue weighted by Gasteiger charge is 2.08. The fourth-order valence-electron chi connectivity index (χ4n) is 1.34. The Labute approximate surface area is 98.9 Å². The van der Waals surface area contributed by atoms with E-state index in [1.165, 1.54) is 0 Å². The summed E-state index contributed by atoms with van der Waals surface area (Å²) < 4.78 is 17.2. The van der Waals surface area contributed by atoms with Crippen LogP contribution in [0.4, 0.5) is 0 Å². The highest BCUT2D eigenvalue weighted by atomic mass is 32.2. The fraction of sp³-hybridized carbons (Fsp3) is 0.500. The van der Waals surface area contributed by atoms with Crippen LogP contribution in [0.1, 0.15) is 19.4 Å². The van der Waals surface area contributed by atoms with E-state index in [1.54, 1.807) is 0 Å².